The van der Waals surface area contributed by atoms with Crippen LogP contribution in [0.15, 0.2) is 30.3 Å². The van der Waals surface area contributed by atoms with Gasteiger partial charge >= 0.3 is 0 Å². The molecule has 1 aromatic carbocycles. The zero-order valence-electron chi connectivity index (χ0n) is 6.54. The summed E-state index contributed by atoms with van der Waals surface area (Å²) in [6, 6.07) is 8.54. The molecule has 1 aliphatic carbocycles. The van der Waals surface area contributed by atoms with Crippen LogP contribution in [0.1, 0.15) is 24.0 Å². The molecule has 0 spiro atoms. The van der Waals surface area contributed by atoms with Crippen molar-refractivity contribution in [3.05, 3.63) is 41.5 Å². The number of rotatable bonds is 0. The molecule has 0 bridgehead atoms. The van der Waals surface area contributed by atoms with Crippen LogP contribution >= 0.6 is 0 Å². The van der Waals surface area contributed by atoms with E-state index in [0.717, 1.165) is 0 Å². The van der Waals surface area contributed by atoms with Gasteiger partial charge in [0.25, 0.3) is 0 Å². The molecular formula is C10H10Sn. The van der Waals surface area contributed by atoms with Crippen LogP contribution in [0.25, 0.3) is 6.08 Å². The van der Waals surface area contributed by atoms with E-state index in [1.165, 1.54) is 11.1 Å². The van der Waals surface area contributed by atoms with E-state index >= 15 is 0 Å². The molecule has 0 aromatic heterocycles. The predicted molar refractivity (Wildman–Crippen MR) is 49.6 cm³/mol. The van der Waals surface area contributed by atoms with Crippen molar-refractivity contribution in [3.8, 4) is 0 Å². The molecule has 0 aliphatic heterocycles. The van der Waals surface area contributed by atoms with Crippen molar-refractivity contribution in [2.24, 2.45) is 0 Å². The third-order valence-corrected chi connectivity index (χ3v) is 2.05. The number of benzene rings is 1. The molecule has 0 fully saturated rings. The Hall–Kier alpha value is -0.241. The van der Waals surface area contributed by atoms with Crippen LogP contribution in [0.5, 0.6) is 0 Å². The Balaban J connectivity index is 0.000000605. The molecule has 0 heterocycles. The summed E-state index contributed by atoms with van der Waals surface area (Å²) in [4.78, 5) is 0. The normalized spacial score (nSPS) is 19.2. The van der Waals surface area contributed by atoms with Gasteiger partial charge in [0.05, 0.1) is 0 Å². The Labute approximate surface area is 84.3 Å². The number of allylic oxidation sites excluding steroid dienone is 1. The van der Waals surface area contributed by atoms with Crippen LogP contribution in [-0.4, -0.2) is 23.9 Å². The zero-order chi connectivity index (χ0) is 6.97. The maximum atomic E-state index is 2.24. The van der Waals surface area contributed by atoms with Gasteiger partial charge in [-0.05, 0) is 17.0 Å². The summed E-state index contributed by atoms with van der Waals surface area (Å²) >= 11 is 0. The average molecular weight is 249 g/mol. The summed E-state index contributed by atoms with van der Waals surface area (Å²) in [7, 11) is 0. The van der Waals surface area contributed by atoms with Crippen LogP contribution < -0.4 is 0 Å². The van der Waals surface area contributed by atoms with Gasteiger partial charge in [0, 0.05) is 23.9 Å². The summed E-state index contributed by atoms with van der Waals surface area (Å²) in [5.74, 6) is 0.621. The van der Waals surface area contributed by atoms with E-state index < -0.39 is 0 Å². The monoisotopic (exact) mass is 250 g/mol. The van der Waals surface area contributed by atoms with E-state index in [0.29, 0.717) is 5.92 Å². The third-order valence-electron chi connectivity index (χ3n) is 2.05. The van der Waals surface area contributed by atoms with Crippen molar-refractivity contribution in [2.75, 3.05) is 0 Å². The Morgan fingerprint density at radius 1 is 1.18 bits per heavy atom. The molecule has 0 saturated carbocycles. The molecule has 1 aliphatic rings. The first-order chi connectivity index (χ1) is 4.88. The first-order valence-corrected chi connectivity index (χ1v) is 3.65. The van der Waals surface area contributed by atoms with Gasteiger partial charge in [0.1, 0.15) is 0 Å². The molecule has 1 aromatic rings. The minimum atomic E-state index is 0. The molecular weight excluding hydrogens is 239 g/mol. The van der Waals surface area contributed by atoms with E-state index in [-0.39, 0.29) is 23.9 Å². The average Bonchev–Trinajstić information content (AvgIpc) is 2.34. The number of hydrogen-bond donors (Lipinski definition) is 0. The van der Waals surface area contributed by atoms with Crippen molar-refractivity contribution in [1.82, 2.24) is 0 Å². The maximum absolute atomic E-state index is 2.24. The first kappa shape index (κ1) is 8.85. The van der Waals surface area contributed by atoms with Crippen molar-refractivity contribution >= 4 is 30.0 Å². The summed E-state index contributed by atoms with van der Waals surface area (Å²) < 4.78 is 0. The van der Waals surface area contributed by atoms with Crippen molar-refractivity contribution < 1.29 is 0 Å². The van der Waals surface area contributed by atoms with Gasteiger partial charge in [-0.3, -0.25) is 0 Å². The van der Waals surface area contributed by atoms with Gasteiger partial charge in [-0.2, -0.15) is 0 Å². The largest absolute Gasteiger partial charge is 0.0767 e. The molecule has 1 unspecified atom stereocenters. The third kappa shape index (κ3) is 1.50. The zero-order valence-corrected chi connectivity index (χ0v) is 9.40. The van der Waals surface area contributed by atoms with Gasteiger partial charge < -0.3 is 0 Å². The van der Waals surface area contributed by atoms with Crippen LogP contribution in [0.3, 0.4) is 0 Å². The summed E-state index contributed by atoms with van der Waals surface area (Å²) in [5, 5.41) is 0. The Morgan fingerprint density at radius 2 is 1.91 bits per heavy atom. The first-order valence-electron chi connectivity index (χ1n) is 3.65. The topological polar surface area (TPSA) is 0 Å². The standard InChI is InChI=1S/C10H10.Sn/c1-8-6-7-9-4-2-3-5-10(8)9;/h2-8H,1H3;. The second kappa shape index (κ2) is 3.44. The van der Waals surface area contributed by atoms with Crippen molar-refractivity contribution in [2.45, 2.75) is 12.8 Å². The minimum absolute atomic E-state index is 0. The van der Waals surface area contributed by atoms with E-state index in [1.54, 1.807) is 0 Å². The van der Waals surface area contributed by atoms with Gasteiger partial charge in [-0.15, -0.1) is 0 Å². The molecule has 1 heteroatoms. The quantitative estimate of drug-likeness (QED) is 0.619. The molecule has 11 heavy (non-hydrogen) atoms. The molecule has 2 rings (SSSR count). The van der Waals surface area contributed by atoms with Gasteiger partial charge in [0.15, 0.2) is 0 Å². The fraction of sp³-hybridized carbons (Fsp3) is 0.200. The molecule has 0 nitrogen and oxygen atoms in total. The van der Waals surface area contributed by atoms with E-state index in [1.807, 2.05) is 0 Å². The molecule has 0 amide bonds. The van der Waals surface area contributed by atoms with Crippen LogP contribution in [-0.2, 0) is 0 Å². The second-order valence-electron chi connectivity index (χ2n) is 2.78. The summed E-state index contributed by atoms with van der Waals surface area (Å²) in [6.07, 6.45) is 4.44. The van der Waals surface area contributed by atoms with Gasteiger partial charge in [0.2, 0.25) is 0 Å². The fourth-order valence-corrected chi connectivity index (χ4v) is 1.43. The number of fused-ring (bicyclic) bond motifs is 1. The fourth-order valence-electron chi connectivity index (χ4n) is 1.43. The van der Waals surface area contributed by atoms with E-state index in [4.69, 9.17) is 0 Å². The number of hydrogen-bond acceptors (Lipinski definition) is 0. The molecule has 54 valence electrons. The molecule has 4 radical (unpaired) electrons. The minimum Gasteiger partial charge on any atom is -0.0767 e. The summed E-state index contributed by atoms with van der Waals surface area (Å²) in [6.45, 7) is 2.22. The van der Waals surface area contributed by atoms with Gasteiger partial charge in [-0.1, -0.05) is 43.3 Å². The maximum Gasteiger partial charge on any atom is 0 e. The van der Waals surface area contributed by atoms with Gasteiger partial charge in [-0.25, -0.2) is 0 Å². The van der Waals surface area contributed by atoms with Crippen LogP contribution in [0.4, 0.5) is 0 Å². The Kier molecular flexibility index (Phi) is 2.77. The molecule has 0 saturated heterocycles. The molecule has 0 N–H and O–H groups in total. The predicted octanol–water partition coefficient (Wildman–Crippen LogP) is 2.44. The van der Waals surface area contributed by atoms with Crippen LogP contribution in [0.2, 0.25) is 0 Å². The van der Waals surface area contributed by atoms with E-state index in [2.05, 4.69) is 43.3 Å². The summed E-state index contributed by atoms with van der Waals surface area (Å²) in [5.41, 5.74) is 2.84. The van der Waals surface area contributed by atoms with E-state index in [9.17, 15) is 0 Å². The smallest absolute Gasteiger partial charge is 0 e. The van der Waals surface area contributed by atoms with Crippen molar-refractivity contribution in [1.29, 1.82) is 0 Å². The Bertz CT molecular complexity index is 276. The second-order valence-corrected chi connectivity index (χ2v) is 2.78. The SMILES string of the molecule is CC1C=Cc2ccccc21.[Sn]. The molecule has 1 atom stereocenters. The van der Waals surface area contributed by atoms with Crippen molar-refractivity contribution in [3.63, 3.8) is 0 Å². The Morgan fingerprint density at radius 3 is 2.64 bits per heavy atom. The van der Waals surface area contributed by atoms with Crippen LogP contribution in [0, 0.1) is 0 Å².